The maximum absolute atomic E-state index is 12.5. The van der Waals surface area contributed by atoms with Crippen molar-refractivity contribution >= 4 is 23.4 Å². The van der Waals surface area contributed by atoms with Gasteiger partial charge in [0, 0.05) is 11.3 Å². The highest BCUT2D eigenvalue weighted by Crippen LogP contribution is 2.47. The third-order valence-electron chi connectivity index (χ3n) is 3.85. The van der Waals surface area contributed by atoms with Crippen LogP contribution in [0.25, 0.3) is 0 Å². The molecule has 0 saturated carbocycles. The van der Waals surface area contributed by atoms with E-state index in [-0.39, 0.29) is 11.3 Å². The molecule has 3 rings (SSSR count). The van der Waals surface area contributed by atoms with E-state index in [1.165, 1.54) is 0 Å². The number of thioether (sulfide) groups is 1. The molecule has 120 valence electrons. The molecule has 0 N–H and O–H groups in total. The second-order valence-corrected chi connectivity index (χ2v) is 6.42. The number of hydrogen-bond acceptors (Lipinski definition) is 4. The molecule has 0 aromatic heterocycles. The van der Waals surface area contributed by atoms with Crippen molar-refractivity contribution in [1.82, 2.24) is 0 Å². The van der Waals surface area contributed by atoms with Crippen LogP contribution in [0.15, 0.2) is 42.5 Å². The van der Waals surface area contributed by atoms with Crippen molar-refractivity contribution in [2.24, 2.45) is 0 Å². The summed E-state index contributed by atoms with van der Waals surface area (Å²) < 4.78 is 10.9. The van der Waals surface area contributed by atoms with Crippen LogP contribution in [-0.4, -0.2) is 25.9 Å². The average Bonchev–Trinajstić information content (AvgIpc) is 2.95. The lowest BCUT2D eigenvalue weighted by Crippen LogP contribution is -2.28. The summed E-state index contributed by atoms with van der Waals surface area (Å²) in [6.45, 7) is 2.03. The maximum atomic E-state index is 12.5. The summed E-state index contributed by atoms with van der Waals surface area (Å²) in [5, 5.41) is -0.116. The Balaban J connectivity index is 2.07. The molecule has 0 radical (unpaired) electrons. The molecule has 0 bridgehead atoms. The molecule has 1 fully saturated rings. The van der Waals surface area contributed by atoms with Crippen LogP contribution in [0.1, 0.15) is 16.5 Å². The Morgan fingerprint density at radius 2 is 1.91 bits per heavy atom. The molecule has 1 aliphatic rings. The summed E-state index contributed by atoms with van der Waals surface area (Å²) in [5.74, 6) is 1.92. The topological polar surface area (TPSA) is 38.8 Å². The van der Waals surface area contributed by atoms with Gasteiger partial charge in [0.2, 0.25) is 5.91 Å². The van der Waals surface area contributed by atoms with Crippen LogP contribution in [0, 0.1) is 6.92 Å². The maximum Gasteiger partial charge on any atom is 0.238 e. The third kappa shape index (κ3) is 2.88. The first-order chi connectivity index (χ1) is 11.2. The van der Waals surface area contributed by atoms with Gasteiger partial charge in [-0.15, -0.1) is 11.8 Å². The zero-order valence-corrected chi connectivity index (χ0v) is 14.2. The van der Waals surface area contributed by atoms with Gasteiger partial charge in [0.1, 0.15) is 5.37 Å². The Hall–Kier alpha value is -2.14. The lowest BCUT2D eigenvalue weighted by atomic mass is 10.1. The molecule has 0 aliphatic carbocycles. The van der Waals surface area contributed by atoms with Gasteiger partial charge < -0.3 is 9.47 Å². The van der Waals surface area contributed by atoms with Crippen LogP contribution in [0.3, 0.4) is 0 Å². The van der Waals surface area contributed by atoms with E-state index < -0.39 is 0 Å². The molecule has 5 heteroatoms. The highest BCUT2D eigenvalue weighted by molar-refractivity contribution is 8.00. The van der Waals surface area contributed by atoms with E-state index >= 15 is 0 Å². The molecule has 4 nitrogen and oxygen atoms in total. The van der Waals surface area contributed by atoms with Gasteiger partial charge in [0.05, 0.1) is 20.0 Å². The Morgan fingerprint density at radius 1 is 1.13 bits per heavy atom. The van der Waals surface area contributed by atoms with Crippen molar-refractivity contribution in [2.75, 3.05) is 24.9 Å². The number of carbonyl (C=O) groups is 1. The van der Waals surface area contributed by atoms with Crippen LogP contribution >= 0.6 is 11.8 Å². The van der Waals surface area contributed by atoms with Gasteiger partial charge >= 0.3 is 0 Å². The van der Waals surface area contributed by atoms with Crippen molar-refractivity contribution < 1.29 is 14.3 Å². The van der Waals surface area contributed by atoms with Crippen molar-refractivity contribution in [3.05, 3.63) is 53.6 Å². The SMILES string of the molecule is COc1cccc([C@H]2SCC(=O)N2c2cccc(C)c2)c1OC. The van der Waals surface area contributed by atoms with E-state index in [9.17, 15) is 4.79 Å². The second-order valence-electron chi connectivity index (χ2n) is 5.35. The first-order valence-corrected chi connectivity index (χ1v) is 8.42. The van der Waals surface area contributed by atoms with Gasteiger partial charge in [-0.25, -0.2) is 0 Å². The predicted octanol–water partition coefficient (Wildman–Crippen LogP) is 3.79. The first kappa shape index (κ1) is 15.7. The molecule has 2 aromatic rings. The fraction of sp³-hybridized carbons (Fsp3) is 0.278. The van der Waals surface area contributed by atoms with Gasteiger partial charge in [-0.2, -0.15) is 0 Å². The zero-order valence-electron chi connectivity index (χ0n) is 13.4. The van der Waals surface area contributed by atoms with Crippen molar-refractivity contribution in [3.8, 4) is 11.5 Å². The fourth-order valence-electron chi connectivity index (χ4n) is 2.82. The lowest BCUT2D eigenvalue weighted by molar-refractivity contribution is -0.115. The smallest absolute Gasteiger partial charge is 0.238 e. The second kappa shape index (κ2) is 6.54. The number of ether oxygens (including phenoxy) is 2. The number of aryl methyl sites for hydroxylation is 1. The summed E-state index contributed by atoms with van der Waals surface area (Å²) in [6, 6.07) is 13.8. The number of carbonyl (C=O) groups excluding carboxylic acids is 1. The van der Waals surface area contributed by atoms with E-state index in [4.69, 9.17) is 9.47 Å². The number of para-hydroxylation sites is 1. The van der Waals surface area contributed by atoms with Gasteiger partial charge in [-0.3, -0.25) is 9.69 Å². The Kier molecular flexibility index (Phi) is 4.48. The zero-order chi connectivity index (χ0) is 16.4. The molecule has 1 amide bonds. The van der Waals surface area contributed by atoms with Crippen LogP contribution < -0.4 is 14.4 Å². The summed E-state index contributed by atoms with van der Waals surface area (Å²) in [5.41, 5.74) is 2.99. The highest BCUT2D eigenvalue weighted by atomic mass is 32.2. The fourth-order valence-corrected chi connectivity index (χ4v) is 4.01. The molecule has 23 heavy (non-hydrogen) atoms. The quantitative estimate of drug-likeness (QED) is 0.855. The highest BCUT2D eigenvalue weighted by Gasteiger charge is 2.36. The molecule has 1 heterocycles. The third-order valence-corrected chi connectivity index (χ3v) is 5.04. The molecule has 0 spiro atoms. The molecule has 1 aliphatic heterocycles. The number of nitrogens with zero attached hydrogens (tertiary/aromatic N) is 1. The summed E-state index contributed by atoms with van der Waals surface area (Å²) in [4.78, 5) is 14.3. The monoisotopic (exact) mass is 329 g/mol. The van der Waals surface area contributed by atoms with Crippen LogP contribution in [0.4, 0.5) is 5.69 Å². The number of anilines is 1. The van der Waals surface area contributed by atoms with E-state index in [0.717, 1.165) is 16.8 Å². The predicted molar refractivity (Wildman–Crippen MR) is 93.4 cm³/mol. The van der Waals surface area contributed by atoms with Gasteiger partial charge in [0.15, 0.2) is 11.5 Å². The number of amides is 1. The van der Waals surface area contributed by atoms with Gasteiger partial charge in [-0.1, -0.05) is 24.3 Å². The number of rotatable bonds is 4. The Bertz CT molecular complexity index is 732. The standard InChI is InChI=1S/C18H19NO3S/c1-12-6-4-7-13(10-12)19-16(20)11-23-18(19)14-8-5-9-15(21-2)17(14)22-3/h4-10,18H,11H2,1-3H3/t18-/m1/s1. The van der Waals surface area contributed by atoms with Crippen molar-refractivity contribution in [2.45, 2.75) is 12.3 Å². The Labute approximate surface area is 140 Å². The van der Waals surface area contributed by atoms with Crippen LogP contribution in [-0.2, 0) is 4.79 Å². The van der Waals surface area contributed by atoms with E-state index in [0.29, 0.717) is 17.3 Å². The Morgan fingerprint density at radius 3 is 2.61 bits per heavy atom. The minimum atomic E-state index is -0.116. The minimum absolute atomic E-state index is 0.107. The molecule has 1 atom stereocenters. The molecule has 2 aromatic carbocycles. The van der Waals surface area contributed by atoms with Crippen LogP contribution in [0.5, 0.6) is 11.5 Å². The lowest BCUT2D eigenvalue weighted by Gasteiger charge is -2.26. The summed E-state index contributed by atoms with van der Waals surface area (Å²) in [7, 11) is 3.24. The molecule has 0 unspecified atom stereocenters. The molecule has 1 saturated heterocycles. The normalized spacial score (nSPS) is 17.4. The average molecular weight is 329 g/mol. The summed E-state index contributed by atoms with van der Waals surface area (Å²) >= 11 is 1.60. The van der Waals surface area contributed by atoms with Crippen molar-refractivity contribution in [3.63, 3.8) is 0 Å². The molecular formula is C18H19NO3S. The minimum Gasteiger partial charge on any atom is -0.493 e. The van der Waals surface area contributed by atoms with E-state index in [2.05, 4.69) is 0 Å². The largest absolute Gasteiger partial charge is 0.493 e. The number of methoxy groups -OCH3 is 2. The van der Waals surface area contributed by atoms with Crippen molar-refractivity contribution in [1.29, 1.82) is 0 Å². The first-order valence-electron chi connectivity index (χ1n) is 7.37. The summed E-state index contributed by atoms with van der Waals surface area (Å²) in [6.07, 6.45) is 0. The van der Waals surface area contributed by atoms with E-state index in [1.807, 2.05) is 54.3 Å². The van der Waals surface area contributed by atoms with Gasteiger partial charge in [0.25, 0.3) is 0 Å². The van der Waals surface area contributed by atoms with Crippen LogP contribution in [0.2, 0.25) is 0 Å². The number of hydrogen-bond donors (Lipinski definition) is 0. The van der Waals surface area contributed by atoms with E-state index in [1.54, 1.807) is 26.0 Å². The number of benzene rings is 2. The molecular weight excluding hydrogens is 310 g/mol. The van der Waals surface area contributed by atoms with Gasteiger partial charge in [-0.05, 0) is 30.7 Å².